The first-order chi connectivity index (χ1) is 10.5. The van der Waals surface area contributed by atoms with E-state index < -0.39 is 5.60 Å². The topological polar surface area (TPSA) is 88.2 Å². The van der Waals surface area contributed by atoms with Crippen molar-refractivity contribution in [3.63, 3.8) is 0 Å². The Hall–Kier alpha value is -1.95. The molecule has 1 saturated carbocycles. The average molecular weight is 303 g/mol. The zero-order chi connectivity index (χ0) is 15.7. The van der Waals surface area contributed by atoms with Crippen molar-refractivity contribution in [3.05, 3.63) is 17.7 Å². The molecule has 0 unspecified atom stereocenters. The van der Waals surface area contributed by atoms with Gasteiger partial charge in [0.15, 0.2) is 5.78 Å². The highest BCUT2D eigenvalue weighted by Crippen LogP contribution is 2.31. The molecule has 0 radical (unpaired) electrons. The molecule has 2 aromatic heterocycles. The Bertz CT molecular complexity index is 702. The fourth-order valence-electron chi connectivity index (χ4n) is 3.24. The Morgan fingerprint density at radius 3 is 2.77 bits per heavy atom. The van der Waals surface area contributed by atoms with Crippen molar-refractivity contribution in [2.75, 3.05) is 11.9 Å². The van der Waals surface area contributed by atoms with Gasteiger partial charge in [0.2, 0.25) is 5.71 Å². The number of nitrogens with zero attached hydrogens (tertiary/aromatic N) is 2. The quantitative estimate of drug-likeness (QED) is 0.844. The summed E-state index contributed by atoms with van der Waals surface area (Å²) >= 11 is 0. The predicted octanol–water partition coefficient (Wildman–Crippen LogP) is 2.84. The van der Waals surface area contributed by atoms with E-state index in [9.17, 15) is 9.90 Å². The summed E-state index contributed by atoms with van der Waals surface area (Å²) in [6, 6.07) is 0. The SMILES string of the molecule is CC(=O)c1c(C)oc2ncnc(NCC3(O)CCCCC3)c12. The fraction of sp³-hybridized carbons (Fsp3) is 0.562. The lowest BCUT2D eigenvalue weighted by atomic mass is 9.85. The molecule has 0 saturated heterocycles. The zero-order valence-corrected chi connectivity index (χ0v) is 13.0. The highest BCUT2D eigenvalue weighted by Gasteiger charge is 2.29. The summed E-state index contributed by atoms with van der Waals surface area (Å²) in [7, 11) is 0. The number of fused-ring (bicyclic) bond motifs is 1. The van der Waals surface area contributed by atoms with Crippen LogP contribution in [0.25, 0.3) is 11.1 Å². The predicted molar refractivity (Wildman–Crippen MR) is 83.1 cm³/mol. The Kier molecular flexibility index (Phi) is 3.87. The number of rotatable bonds is 4. The molecule has 0 atom stereocenters. The standard InChI is InChI=1S/C16H21N3O3/c1-10(20)12-11(2)22-15-13(12)14(18-9-19-15)17-8-16(21)6-4-3-5-7-16/h9,21H,3-8H2,1-2H3,(H,17,18,19). The number of carbonyl (C=O) groups is 1. The van der Waals surface area contributed by atoms with Gasteiger partial charge in [0.25, 0.3) is 0 Å². The van der Waals surface area contributed by atoms with Crippen molar-refractivity contribution < 1.29 is 14.3 Å². The fourth-order valence-corrected chi connectivity index (χ4v) is 3.24. The molecule has 0 aliphatic heterocycles. The van der Waals surface area contributed by atoms with E-state index in [0.717, 1.165) is 25.7 Å². The summed E-state index contributed by atoms with van der Waals surface area (Å²) in [6.07, 6.45) is 6.25. The first-order valence-corrected chi connectivity index (χ1v) is 7.71. The lowest BCUT2D eigenvalue weighted by Crippen LogP contribution is -2.39. The molecule has 0 bridgehead atoms. The summed E-state index contributed by atoms with van der Waals surface area (Å²) in [5.41, 5.74) is 0.203. The van der Waals surface area contributed by atoms with E-state index >= 15 is 0 Å². The summed E-state index contributed by atoms with van der Waals surface area (Å²) in [5, 5.41) is 14.4. The summed E-state index contributed by atoms with van der Waals surface area (Å²) in [4.78, 5) is 20.2. The molecule has 6 heteroatoms. The van der Waals surface area contributed by atoms with Gasteiger partial charge >= 0.3 is 0 Å². The maximum atomic E-state index is 11.9. The molecule has 6 nitrogen and oxygen atoms in total. The van der Waals surface area contributed by atoms with Crippen molar-refractivity contribution in [1.82, 2.24) is 9.97 Å². The lowest BCUT2D eigenvalue weighted by molar-refractivity contribution is 0.0167. The van der Waals surface area contributed by atoms with Crippen LogP contribution in [-0.2, 0) is 0 Å². The van der Waals surface area contributed by atoms with Gasteiger partial charge in [0.05, 0.1) is 16.6 Å². The third-order valence-corrected chi connectivity index (χ3v) is 4.39. The van der Waals surface area contributed by atoms with Gasteiger partial charge in [-0.3, -0.25) is 4.79 Å². The van der Waals surface area contributed by atoms with Crippen molar-refractivity contribution in [2.24, 2.45) is 0 Å². The number of aliphatic hydroxyl groups is 1. The molecule has 1 aliphatic carbocycles. The van der Waals surface area contributed by atoms with Crippen LogP contribution in [0.3, 0.4) is 0 Å². The minimum Gasteiger partial charge on any atom is -0.442 e. The van der Waals surface area contributed by atoms with Crippen LogP contribution in [0.4, 0.5) is 5.82 Å². The maximum Gasteiger partial charge on any atom is 0.232 e. The van der Waals surface area contributed by atoms with Gasteiger partial charge in [-0.15, -0.1) is 0 Å². The van der Waals surface area contributed by atoms with Crippen LogP contribution in [0.1, 0.15) is 55.1 Å². The second-order valence-corrected chi connectivity index (χ2v) is 6.13. The van der Waals surface area contributed by atoms with Crippen LogP contribution in [0.2, 0.25) is 0 Å². The van der Waals surface area contributed by atoms with Gasteiger partial charge in [0.1, 0.15) is 17.9 Å². The number of hydrogen-bond donors (Lipinski definition) is 2. The average Bonchev–Trinajstić information content (AvgIpc) is 2.82. The van der Waals surface area contributed by atoms with E-state index in [4.69, 9.17) is 4.42 Å². The highest BCUT2D eigenvalue weighted by atomic mass is 16.3. The molecule has 1 fully saturated rings. The highest BCUT2D eigenvalue weighted by molar-refractivity contribution is 6.09. The van der Waals surface area contributed by atoms with Gasteiger partial charge in [-0.25, -0.2) is 9.97 Å². The molecule has 22 heavy (non-hydrogen) atoms. The van der Waals surface area contributed by atoms with Crippen LogP contribution >= 0.6 is 0 Å². The number of carbonyl (C=O) groups excluding carboxylic acids is 1. The van der Waals surface area contributed by atoms with E-state index in [1.54, 1.807) is 6.92 Å². The van der Waals surface area contributed by atoms with E-state index in [1.807, 2.05) is 0 Å². The second kappa shape index (κ2) is 5.68. The largest absolute Gasteiger partial charge is 0.442 e. The van der Waals surface area contributed by atoms with Crippen LogP contribution in [0.5, 0.6) is 0 Å². The number of hydrogen-bond acceptors (Lipinski definition) is 6. The molecule has 3 rings (SSSR count). The maximum absolute atomic E-state index is 11.9. The molecule has 2 N–H and O–H groups in total. The molecule has 2 aromatic rings. The van der Waals surface area contributed by atoms with E-state index in [-0.39, 0.29) is 5.78 Å². The minimum absolute atomic E-state index is 0.0783. The van der Waals surface area contributed by atoms with Gasteiger partial charge in [-0.1, -0.05) is 19.3 Å². The smallest absolute Gasteiger partial charge is 0.232 e. The molecule has 0 amide bonds. The van der Waals surface area contributed by atoms with Gasteiger partial charge in [0, 0.05) is 6.54 Å². The number of nitrogens with one attached hydrogen (secondary N) is 1. The van der Waals surface area contributed by atoms with Crippen LogP contribution in [0, 0.1) is 6.92 Å². The molecular weight excluding hydrogens is 282 g/mol. The number of aryl methyl sites for hydroxylation is 1. The molecule has 0 spiro atoms. The Balaban J connectivity index is 1.92. The minimum atomic E-state index is -0.704. The molecule has 0 aromatic carbocycles. The van der Waals surface area contributed by atoms with E-state index in [0.29, 0.717) is 34.8 Å². The van der Waals surface area contributed by atoms with Crippen LogP contribution < -0.4 is 5.32 Å². The summed E-state index contributed by atoms with van der Waals surface area (Å²) in [5.74, 6) is 1.01. The van der Waals surface area contributed by atoms with Gasteiger partial charge < -0.3 is 14.8 Å². The Labute approximate surface area is 128 Å². The number of furan rings is 1. The van der Waals surface area contributed by atoms with Gasteiger partial charge in [-0.05, 0) is 26.7 Å². The van der Waals surface area contributed by atoms with Crippen LogP contribution in [0.15, 0.2) is 10.7 Å². The Morgan fingerprint density at radius 1 is 1.36 bits per heavy atom. The van der Waals surface area contributed by atoms with Crippen LogP contribution in [-0.4, -0.2) is 33.0 Å². The summed E-state index contributed by atoms with van der Waals surface area (Å²) in [6.45, 7) is 3.67. The number of aromatic nitrogens is 2. The lowest BCUT2D eigenvalue weighted by Gasteiger charge is -2.32. The van der Waals surface area contributed by atoms with Crippen molar-refractivity contribution >= 4 is 22.7 Å². The molecular formula is C16H21N3O3. The third-order valence-electron chi connectivity index (χ3n) is 4.39. The monoisotopic (exact) mass is 303 g/mol. The molecule has 2 heterocycles. The second-order valence-electron chi connectivity index (χ2n) is 6.13. The number of Topliss-reactive ketones (excluding diaryl/α,β-unsaturated/α-hetero) is 1. The van der Waals surface area contributed by atoms with Gasteiger partial charge in [-0.2, -0.15) is 0 Å². The number of anilines is 1. The summed E-state index contributed by atoms with van der Waals surface area (Å²) < 4.78 is 5.54. The molecule has 118 valence electrons. The van der Waals surface area contributed by atoms with E-state index in [2.05, 4.69) is 15.3 Å². The Morgan fingerprint density at radius 2 is 2.09 bits per heavy atom. The van der Waals surface area contributed by atoms with E-state index in [1.165, 1.54) is 19.7 Å². The first kappa shape index (κ1) is 15.0. The molecule has 1 aliphatic rings. The van der Waals surface area contributed by atoms with Crippen molar-refractivity contribution in [1.29, 1.82) is 0 Å². The normalized spacial score (nSPS) is 17.6. The van der Waals surface area contributed by atoms with Crippen molar-refractivity contribution in [2.45, 2.75) is 51.6 Å². The number of ketones is 1. The van der Waals surface area contributed by atoms with Crippen molar-refractivity contribution in [3.8, 4) is 0 Å². The zero-order valence-electron chi connectivity index (χ0n) is 13.0. The third kappa shape index (κ3) is 2.70. The first-order valence-electron chi connectivity index (χ1n) is 7.71.